The Morgan fingerprint density at radius 1 is 1.00 bits per heavy atom. The van der Waals surface area contributed by atoms with Gasteiger partial charge in [-0.15, -0.1) is 0 Å². The van der Waals surface area contributed by atoms with Crippen molar-refractivity contribution >= 4 is 0 Å². The minimum absolute atomic E-state index is 0. The average molecular weight is 376 g/mol. The van der Waals surface area contributed by atoms with E-state index in [1.165, 1.54) is 6.08 Å². The molecule has 0 heterocycles. The number of ether oxygens (including phenoxy) is 2. The van der Waals surface area contributed by atoms with E-state index in [4.69, 9.17) is 23.4 Å². The smallest absolute Gasteiger partial charge is 0 e. The van der Waals surface area contributed by atoms with Crippen LogP contribution in [0.1, 0.15) is 13.8 Å². The molecule has 0 N–H and O–H groups in total. The molecule has 0 aromatic rings. The summed E-state index contributed by atoms with van der Waals surface area (Å²) in [5.41, 5.74) is -0.685. The van der Waals surface area contributed by atoms with E-state index in [1.54, 1.807) is 19.9 Å². The summed E-state index contributed by atoms with van der Waals surface area (Å²) in [5, 5.41) is 0. The van der Waals surface area contributed by atoms with Crippen LogP contribution in [0.25, 0.3) is 0 Å². The molecule has 0 spiro atoms. The second kappa shape index (κ2) is 19.0. The van der Waals surface area contributed by atoms with Gasteiger partial charge in [-0.05, 0) is 13.8 Å². The Kier molecular flexibility index (Phi) is 24.7. The van der Waals surface area contributed by atoms with Gasteiger partial charge in [-0.2, -0.15) is 13.2 Å². The standard InChI is InChI=1S/C11H15F3O2.3CO.Fe/c1-3-15-9-7-5-6-8(11(12,13)14)10(9)16-4-2;3*1-2;/h5-7,9-10H,3-4H2,1-2H3;;;;/t9-,10+;;;;/m1..../s1. The molecule has 130 valence electrons. The number of allylic oxidation sites excluding steroid dienone is 2. The first-order valence-electron chi connectivity index (χ1n) is 5.80. The van der Waals surface area contributed by atoms with Gasteiger partial charge in [0.15, 0.2) is 0 Å². The fourth-order valence-electron chi connectivity index (χ4n) is 1.60. The third-order valence-electron chi connectivity index (χ3n) is 2.21. The second-order valence-corrected chi connectivity index (χ2v) is 3.30. The molecule has 0 aromatic heterocycles. The molecule has 9 heteroatoms. The van der Waals surface area contributed by atoms with Gasteiger partial charge in [-0.3, -0.25) is 0 Å². The van der Waals surface area contributed by atoms with Crippen molar-refractivity contribution in [3.05, 3.63) is 43.8 Å². The maximum Gasteiger partial charge on any atom is 0 e. The number of alkyl halides is 3. The molecule has 0 aliphatic heterocycles. The summed E-state index contributed by atoms with van der Waals surface area (Å²) < 4.78 is 70.9. The SMILES string of the molecule is CCO[C@@H]1C=CC=C(C(F)(F)F)[C@@H]1OCC.[C-]#[O+].[C-]#[O+].[C-]#[O+].[Fe]. The van der Waals surface area contributed by atoms with Crippen molar-refractivity contribution in [2.75, 3.05) is 13.2 Å². The monoisotopic (exact) mass is 376 g/mol. The van der Waals surface area contributed by atoms with Gasteiger partial charge in [-0.25, -0.2) is 0 Å². The van der Waals surface area contributed by atoms with Crippen molar-refractivity contribution in [1.29, 1.82) is 0 Å². The molecule has 1 aliphatic carbocycles. The molecule has 0 radical (unpaired) electrons. The Hall–Kier alpha value is -1.07. The van der Waals surface area contributed by atoms with Gasteiger partial charge >= 0.3 is 40.1 Å². The average Bonchev–Trinajstić information content (AvgIpc) is 2.54. The molecule has 1 aliphatic rings. The Morgan fingerprint density at radius 2 is 1.43 bits per heavy atom. The summed E-state index contributed by atoms with van der Waals surface area (Å²) in [6.45, 7) is 17.5. The summed E-state index contributed by atoms with van der Waals surface area (Å²) in [6.07, 6.45) is -2.12. The first-order valence-corrected chi connectivity index (χ1v) is 5.80. The largest absolute Gasteiger partial charge is 0 e. The van der Waals surface area contributed by atoms with Gasteiger partial charge in [0, 0.05) is 30.3 Å². The van der Waals surface area contributed by atoms with Gasteiger partial charge in [0.2, 0.25) is 0 Å². The molecule has 0 amide bonds. The van der Waals surface area contributed by atoms with E-state index in [2.05, 4.69) is 20.0 Å². The zero-order valence-electron chi connectivity index (χ0n) is 12.3. The van der Waals surface area contributed by atoms with E-state index >= 15 is 0 Å². The summed E-state index contributed by atoms with van der Waals surface area (Å²) in [6, 6.07) is 0. The molecule has 0 fully saturated rings. The number of rotatable bonds is 4. The van der Waals surface area contributed by atoms with Crippen LogP contribution in [0.3, 0.4) is 0 Å². The summed E-state index contributed by atoms with van der Waals surface area (Å²) in [4.78, 5) is 0. The van der Waals surface area contributed by atoms with Gasteiger partial charge in [0.1, 0.15) is 12.2 Å². The van der Waals surface area contributed by atoms with E-state index in [-0.39, 0.29) is 23.7 Å². The number of halogens is 3. The molecular weight excluding hydrogens is 361 g/mol. The molecule has 23 heavy (non-hydrogen) atoms. The van der Waals surface area contributed by atoms with Crippen LogP contribution in [0.15, 0.2) is 23.8 Å². The number of hydrogen-bond acceptors (Lipinski definition) is 2. The molecule has 0 saturated carbocycles. The van der Waals surface area contributed by atoms with Crippen molar-refractivity contribution in [2.45, 2.75) is 32.2 Å². The Labute approximate surface area is 143 Å². The van der Waals surface area contributed by atoms with Crippen molar-refractivity contribution < 1.29 is 53.7 Å². The van der Waals surface area contributed by atoms with E-state index in [1.807, 2.05) is 0 Å². The molecular formula is C14H15F3FeO5. The van der Waals surface area contributed by atoms with E-state index in [9.17, 15) is 13.2 Å². The topological polar surface area (TPSA) is 78.2 Å². The zero-order chi connectivity index (χ0) is 18.2. The Morgan fingerprint density at radius 3 is 1.78 bits per heavy atom. The van der Waals surface area contributed by atoms with Crippen LogP contribution < -0.4 is 0 Å². The third-order valence-corrected chi connectivity index (χ3v) is 2.21. The van der Waals surface area contributed by atoms with Crippen LogP contribution in [0.4, 0.5) is 13.2 Å². The van der Waals surface area contributed by atoms with E-state index < -0.39 is 24.0 Å². The first-order chi connectivity index (χ1) is 10.5. The maximum absolute atomic E-state index is 12.7. The zero-order valence-corrected chi connectivity index (χ0v) is 13.4. The molecule has 2 atom stereocenters. The third kappa shape index (κ3) is 12.1. The van der Waals surface area contributed by atoms with Crippen LogP contribution in [0.5, 0.6) is 0 Å². The van der Waals surface area contributed by atoms with Crippen LogP contribution >= 0.6 is 0 Å². The maximum atomic E-state index is 12.7. The van der Waals surface area contributed by atoms with Crippen LogP contribution in [-0.2, 0) is 40.5 Å². The van der Waals surface area contributed by atoms with Gasteiger partial charge in [0.05, 0.1) is 5.57 Å². The fraction of sp³-hybridized carbons (Fsp3) is 0.500. The first kappa shape index (κ1) is 29.9. The normalized spacial score (nSPS) is 18.1. The fourth-order valence-corrected chi connectivity index (χ4v) is 1.60. The summed E-state index contributed by atoms with van der Waals surface area (Å²) >= 11 is 0. The molecule has 0 bridgehead atoms. The minimum Gasteiger partial charge on any atom is 0 e. The Balaban J connectivity index is -0.000000231. The number of hydrogen-bond donors (Lipinski definition) is 0. The van der Waals surface area contributed by atoms with Gasteiger partial charge in [0.25, 0.3) is 0 Å². The van der Waals surface area contributed by atoms with Gasteiger partial charge in [-0.1, -0.05) is 18.2 Å². The Bertz CT molecular complexity index is 385. The van der Waals surface area contributed by atoms with Gasteiger partial charge < -0.3 is 9.47 Å². The molecule has 0 aromatic carbocycles. The minimum atomic E-state index is -4.38. The van der Waals surface area contributed by atoms with Crippen molar-refractivity contribution in [3.8, 4) is 0 Å². The van der Waals surface area contributed by atoms with Crippen LogP contribution in [0, 0.1) is 20.0 Å². The van der Waals surface area contributed by atoms with E-state index in [0.29, 0.717) is 6.61 Å². The van der Waals surface area contributed by atoms with Crippen molar-refractivity contribution in [2.24, 2.45) is 0 Å². The van der Waals surface area contributed by atoms with Crippen molar-refractivity contribution in [3.63, 3.8) is 0 Å². The summed E-state index contributed by atoms with van der Waals surface area (Å²) in [5.74, 6) is 0. The van der Waals surface area contributed by atoms with Crippen LogP contribution in [0.2, 0.25) is 0 Å². The van der Waals surface area contributed by atoms with Crippen LogP contribution in [-0.4, -0.2) is 31.6 Å². The summed E-state index contributed by atoms with van der Waals surface area (Å²) in [7, 11) is 0. The second-order valence-electron chi connectivity index (χ2n) is 3.30. The molecule has 1 rings (SSSR count). The molecule has 5 nitrogen and oxygen atoms in total. The predicted molar refractivity (Wildman–Crippen MR) is 65.9 cm³/mol. The quantitative estimate of drug-likeness (QED) is 0.430. The predicted octanol–water partition coefficient (Wildman–Crippen LogP) is 2.74. The molecule has 0 saturated heterocycles. The van der Waals surface area contributed by atoms with E-state index in [0.717, 1.165) is 6.08 Å². The van der Waals surface area contributed by atoms with Crippen molar-refractivity contribution in [1.82, 2.24) is 0 Å². The molecule has 0 unspecified atom stereocenters.